The molecule has 6 heteroatoms. The van der Waals surface area contributed by atoms with Crippen LogP contribution in [0.25, 0.3) is 0 Å². The van der Waals surface area contributed by atoms with Gasteiger partial charge < -0.3 is 15.0 Å². The van der Waals surface area contributed by atoms with E-state index in [2.05, 4.69) is 35.7 Å². The lowest BCUT2D eigenvalue weighted by Crippen LogP contribution is -2.30. The zero-order valence-electron chi connectivity index (χ0n) is 15.2. The number of benzene rings is 2. The van der Waals surface area contributed by atoms with Crippen LogP contribution in [-0.4, -0.2) is 25.1 Å². The van der Waals surface area contributed by atoms with Crippen molar-refractivity contribution >= 4 is 11.6 Å². The zero-order valence-corrected chi connectivity index (χ0v) is 15.2. The number of amides is 1. The summed E-state index contributed by atoms with van der Waals surface area (Å²) >= 11 is 0. The van der Waals surface area contributed by atoms with Crippen LogP contribution in [0, 0.1) is 0 Å². The highest BCUT2D eigenvalue weighted by molar-refractivity contribution is 5.94. The van der Waals surface area contributed by atoms with Crippen molar-refractivity contribution in [2.24, 2.45) is 0 Å². The van der Waals surface area contributed by atoms with Crippen LogP contribution < -0.4 is 15.0 Å². The van der Waals surface area contributed by atoms with Gasteiger partial charge in [-0.2, -0.15) is 8.78 Å². The number of carbonyl (C=O) groups excluding carboxylic acids is 1. The standard InChI is InChI=1S/C20H24F2N2O2/c1-4-24(14(2)3)17-10-8-16(9-11-17)19(25)23-13-15-6-5-7-18(12-15)26-20(21)22/h5-12,14,20H,4,13H2,1-3H3,(H,23,25). The second kappa shape index (κ2) is 9.17. The lowest BCUT2D eigenvalue weighted by molar-refractivity contribution is -0.0498. The number of carbonyl (C=O) groups is 1. The van der Waals surface area contributed by atoms with Crippen LogP contribution in [0.1, 0.15) is 36.7 Å². The molecule has 0 heterocycles. The average Bonchev–Trinajstić information content (AvgIpc) is 2.60. The van der Waals surface area contributed by atoms with E-state index in [9.17, 15) is 13.6 Å². The highest BCUT2D eigenvalue weighted by Gasteiger charge is 2.11. The highest BCUT2D eigenvalue weighted by atomic mass is 19.3. The summed E-state index contributed by atoms with van der Waals surface area (Å²) in [4.78, 5) is 14.5. The van der Waals surface area contributed by atoms with Crippen molar-refractivity contribution in [2.45, 2.75) is 40.0 Å². The molecule has 0 fully saturated rings. The fourth-order valence-electron chi connectivity index (χ4n) is 2.77. The molecule has 0 unspecified atom stereocenters. The second-order valence-electron chi connectivity index (χ2n) is 6.14. The number of halogens is 2. The molecule has 0 aromatic heterocycles. The average molecular weight is 362 g/mol. The van der Waals surface area contributed by atoms with Crippen molar-refractivity contribution in [1.29, 1.82) is 0 Å². The molecule has 140 valence electrons. The normalized spacial score (nSPS) is 10.9. The molecule has 0 aliphatic rings. The summed E-state index contributed by atoms with van der Waals surface area (Å²) < 4.78 is 28.9. The third kappa shape index (κ3) is 5.44. The lowest BCUT2D eigenvalue weighted by Gasteiger charge is -2.27. The molecule has 0 aliphatic heterocycles. The predicted octanol–water partition coefficient (Wildman–Crippen LogP) is 4.45. The van der Waals surface area contributed by atoms with Crippen molar-refractivity contribution in [1.82, 2.24) is 5.32 Å². The Morgan fingerprint density at radius 2 is 1.85 bits per heavy atom. The molecule has 2 aromatic carbocycles. The van der Waals surface area contributed by atoms with Crippen LogP contribution in [-0.2, 0) is 6.54 Å². The Morgan fingerprint density at radius 1 is 1.15 bits per heavy atom. The summed E-state index contributed by atoms with van der Waals surface area (Å²) in [6, 6.07) is 14.1. The summed E-state index contributed by atoms with van der Waals surface area (Å²) in [6.07, 6.45) is 0. The molecule has 1 amide bonds. The van der Waals surface area contributed by atoms with Gasteiger partial charge in [0.2, 0.25) is 0 Å². The summed E-state index contributed by atoms with van der Waals surface area (Å²) in [5.74, 6) is -0.145. The van der Waals surface area contributed by atoms with Gasteiger partial charge in [-0.25, -0.2) is 0 Å². The van der Waals surface area contributed by atoms with Gasteiger partial charge in [0.15, 0.2) is 0 Å². The smallest absolute Gasteiger partial charge is 0.387 e. The van der Waals surface area contributed by atoms with Gasteiger partial charge in [-0.05, 0) is 62.7 Å². The maximum atomic E-state index is 12.3. The number of ether oxygens (including phenoxy) is 1. The van der Waals surface area contributed by atoms with Crippen LogP contribution in [0.2, 0.25) is 0 Å². The van der Waals surface area contributed by atoms with Gasteiger partial charge in [0.05, 0.1) is 0 Å². The Hall–Kier alpha value is -2.63. The third-order valence-electron chi connectivity index (χ3n) is 4.00. The fraction of sp³-hybridized carbons (Fsp3) is 0.350. The van der Waals surface area contributed by atoms with Crippen LogP contribution in [0.15, 0.2) is 48.5 Å². The van der Waals surface area contributed by atoms with Gasteiger partial charge in [-0.15, -0.1) is 0 Å². The molecule has 0 bridgehead atoms. The maximum absolute atomic E-state index is 12.3. The SMILES string of the molecule is CCN(c1ccc(C(=O)NCc2cccc(OC(F)F)c2)cc1)C(C)C. The molecule has 0 atom stereocenters. The Labute approximate surface area is 152 Å². The van der Waals surface area contributed by atoms with Gasteiger partial charge in [0.1, 0.15) is 5.75 Å². The van der Waals surface area contributed by atoms with E-state index in [0.29, 0.717) is 17.2 Å². The highest BCUT2D eigenvalue weighted by Crippen LogP contribution is 2.18. The third-order valence-corrected chi connectivity index (χ3v) is 4.00. The van der Waals surface area contributed by atoms with Gasteiger partial charge in [-0.1, -0.05) is 12.1 Å². The fourth-order valence-corrected chi connectivity index (χ4v) is 2.77. The van der Waals surface area contributed by atoms with Gasteiger partial charge in [0, 0.05) is 30.4 Å². The number of nitrogens with zero attached hydrogens (tertiary/aromatic N) is 1. The van der Waals surface area contributed by atoms with E-state index in [1.807, 2.05) is 12.1 Å². The zero-order chi connectivity index (χ0) is 19.1. The van der Waals surface area contributed by atoms with Crippen LogP contribution in [0.5, 0.6) is 5.75 Å². The van der Waals surface area contributed by atoms with E-state index in [-0.39, 0.29) is 18.2 Å². The molecule has 0 aliphatic carbocycles. The molecule has 4 nitrogen and oxygen atoms in total. The lowest BCUT2D eigenvalue weighted by atomic mass is 10.1. The van der Waals surface area contributed by atoms with Gasteiger partial charge in [0.25, 0.3) is 5.91 Å². The van der Waals surface area contributed by atoms with Crippen LogP contribution in [0.3, 0.4) is 0 Å². The number of nitrogens with one attached hydrogen (secondary N) is 1. The minimum Gasteiger partial charge on any atom is -0.435 e. The maximum Gasteiger partial charge on any atom is 0.387 e. The van der Waals surface area contributed by atoms with Crippen molar-refractivity contribution in [3.63, 3.8) is 0 Å². The van der Waals surface area contributed by atoms with Crippen molar-refractivity contribution in [3.8, 4) is 5.75 Å². The molecule has 26 heavy (non-hydrogen) atoms. The van der Waals surface area contributed by atoms with E-state index in [0.717, 1.165) is 12.2 Å². The van der Waals surface area contributed by atoms with Gasteiger partial charge >= 0.3 is 6.61 Å². The number of rotatable bonds is 8. The molecule has 2 aromatic rings. The molecule has 2 rings (SSSR count). The minimum atomic E-state index is -2.87. The van der Waals surface area contributed by atoms with Crippen molar-refractivity contribution < 1.29 is 18.3 Å². The number of hydrogen-bond donors (Lipinski definition) is 1. The Bertz CT molecular complexity index is 718. The van der Waals surface area contributed by atoms with Crippen molar-refractivity contribution in [2.75, 3.05) is 11.4 Å². The first kappa shape index (κ1) is 19.7. The summed E-state index contributed by atoms with van der Waals surface area (Å²) in [5, 5.41) is 2.79. The van der Waals surface area contributed by atoms with Crippen LogP contribution in [0.4, 0.5) is 14.5 Å². The monoisotopic (exact) mass is 362 g/mol. The number of alkyl halides is 2. The predicted molar refractivity (Wildman–Crippen MR) is 98.8 cm³/mol. The molecular weight excluding hydrogens is 338 g/mol. The topological polar surface area (TPSA) is 41.6 Å². The number of hydrogen-bond acceptors (Lipinski definition) is 3. The Morgan fingerprint density at radius 3 is 2.42 bits per heavy atom. The summed E-state index contributed by atoms with van der Waals surface area (Å²) in [6.45, 7) is 4.58. The molecule has 1 N–H and O–H groups in total. The first-order valence-corrected chi connectivity index (χ1v) is 8.59. The Balaban J connectivity index is 1.98. The Kier molecular flexibility index (Phi) is 6.95. The first-order chi connectivity index (χ1) is 12.4. The quantitative estimate of drug-likeness (QED) is 0.754. The molecule has 0 saturated carbocycles. The summed E-state index contributed by atoms with van der Waals surface area (Å²) in [7, 11) is 0. The van der Waals surface area contributed by atoms with E-state index < -0.39 is 6.61 Å². The first-order valence-electron chi connectivity index (χ1n) is 8.59. The van der Waals surface area contributed by atoms with E-state index in [1.54, 1.807) is 24.3 Å². The van der Waals surface area contributed by atoms with E-state index in [4.69, 9.17) is 0 Å². The van der Waals surface area contributed by atoms with Crippen molar-refractivity contribution in [3.05, 3.63) is 59.7 Å². The van der Waals surface area contributed by atoms with E-state index in [1.165, 1.54) is 12.1 Å². The molecular formula is C20H24F2N2O2. The second-order valence-corrected chi connectivity index (χ2v) is 6.14. The molecule has 0 spiro atoms. The van der Waals surface area contributed by atoms with Gasteiger partial charge in [-0.3, -0.25) is 4.79 Å². The largest absolute Gasteiger partial charge is 0.435 e. The number of anilines is 1. The van der Waals surface area contributed by atoms with Crippen LogP contribution >= 0.6 is 0 Å². The summed E-state index contributed by atoms with van der Waals surface area (Å²) in [5.41, 5.74) is 2.30. The van der Waals surface area contributed by atoms with E-state index >= 15 is 0 Å². The minimum absolute atomic E-state index is 0.0736. The molecule has 0 radical (unpaired) electrons. The molecule has 0 saturated heterocycles.